The first kappa shape index (κ1) is 21.5. The van der Waals surface area contributed by atoms with Gasteiger partial charge in [0.2, 0.25) is 5.75 Å². The molecule has 7 nitrogen and oxygen atoms in total. The quantitative estimate of drug-likeness (QED) is 0.690. The fraction of sp³-hybridized carbons (Fsp3) is 0.280. The zero-order chi connectivity index (χ0) is 23.0. The largest absolute Gasteiger partial charge is 0.493 e. The van der Waals surface area contributed by atoms with Crippen LogP contribution in [0.25, 0.3) is 5.70 Å². The van der Waals surface area contributed by atoms with E-state index in [0.717, 1.165) is 5.56 Å². The van der Waals surface area contributed by atoms with Crippen molar-refractivity contribution in [2.75, 3.05) is 27.9 Å². The summed E-state index contributed by atoms with van der Waals surface area (Å²) < 4.78 is 21.9. The van der Waals surface area contributed by atoms with Crippen LogP contribution in [0.4, 0.5) is 0 Å². The molecule has 7 heteroatoms. The molecule has 1 heterocycles. The third kappa shape index (κ3) is 3.21. The number of benzene rings is 2. The molecule has 1 atom stereocenters. The molecule has 0 spiro atoms. The predicted octanol–water partition coefficient (Wildman–Crippen LogP) is 3.84. The van der Waals surface area contributed by atoms with Gasteiger partial charge in [0, 0.05) is 28.3 Å². The molecule has 0 radical (unpaired) electrons. The summed E-state index contributed by atoms with van der Waals surface area (Å²) in [5, 5.41) is 3.28. The monoisotopic (exact) mass is 435 g/mol. The van der Waals surface area contributed by atoms with Crippen molar-refractivity contribution in [1.29, 1.82) is 0 Å². The molecule has 2 aliphatic rings. The van der Waals surface area contributed by atoms with E-state index in [4.69, 9.17) is 18.9 Å². The van der Waals surface area contributed by atoms with E-state index in [9.17, 15) is 9.59 Å². The zero-order valence-electron chi connectivity index (χ0n) is 18.7. The summed E-state index contributed by atoms with van der Waals surface area (Å²) in [6.45, 7) is 3.78. The van der Waals surface area contributed by atoms with E-state index in [1.165, 1.54) is 21.3 Å². The number of allylic oxidation sites excluding steroid dienone is 2. The van der Waals surface area contributed by atoms with Crippen molar-refractivity contribution in [3.05, 3.63) is 69.9 Å². The summed E-state index contributed by atoms with van der Waals surface area (Å²) in [7, 11) is 4.58. The molecule has 1 N–H and O–H groups in total. The van der Waals surface area contributed by atoms with Gasteiger partial charge >= 0.3 is 5.97 Å². The fourth-order valence-corrected chi connectivity index (χ4v) is 4.41. The number of rotatable bonds is 6. The summed E-state index contributed by atoms with van der Waals surface area (Å²) >= 11 is 0. The van der Waals surface area contributed by atoms with Crippen molar-refractivity contribution in [3.63, 3.8) is 0 Å². The Morgan fingerprint density at radius 3 is 2.19 bits per heavy atom. The summed E-state index contributed by atoms with van der Waals surface area (Å²) in [6, 6.07) is 10.9. The molecule has 0 saturated heterocycles. The second-order valence-corrected chi connectivity index (χ2v) is 7.44. The van der Waals surface area contributed by atoms with Crippen molar-refractivity contribution < 1.29 is 28.5 Å². The molecule has 1 aliphatic carbocycles. The van der Waals surface area contributed by atoms with Crippen LogP contribution in [0.5, 0.6) is 17.2 Å². The number of nitrogens with one attached hydrogen (secondary N) is 1. The lowest BCUT2D eigenvalue weighted by Gasteiger charge is -2.30. The minimum Gasteiger partial charge on any atom is -0.493 e. The zero-order valence-corrected chi connectivity index (χ0v) is 18.7. The average Bonchev–Trinajstić information content (AvgIpc) is 3.08. The molecule has 0 amide bonds. The smallest absolute Gasteiger partial charge is 0.336 e. The van der Waals surface area contributed by atoms with Crippen LogP contribution in [0.1, 0.15) is 41.3 Å². The van der Waals surface area contributed by atoms with Crippen LogP contribution < -0.4 is 19.5 Å². The summed E-state index contributed by atoms with van der Waals surface area (Å²) in [5.41, 5.74) is 4.28. The SMILES string of the molecule is CCOC(=O)C1=C(C)NC2=C(C(=O)c3ccccc32)C1c1cc(OC)c(OC)c(OC)c1. The van der Waals surface area contributed by atoms with Gasteiger partial charge in [0.15, 0.2) is 17.3 Å². The highest BCUT2D eigenvalue weighted by molar-refractivity contribution is 6.23. The van der Waals surface area contributed by atoms with E-state index in [-0.39, 0.29) is 12.4 Å². The van der Waals surface area contributed by atoms with Gasteiger partial charge in [0.1, 0.15) is 0 Å². The molecule has 1 unspecified atom stereocenters. The number of carbonyl (C=O) groups is 2. The first-order valence-corrected chi connectivity index (χ1v) is 10.3. The van der Waals surface area contributed by atoms with Crippen LogP contribution in [-0.2, 0) is 9.53 Å². The Balaban J connectivity index is 1.98. The van der Waals surface area contributed by atoms with Crippen molar-refractivity contribution in [3.8, 4) is 17.2 Å². The number of Topliss-reactive ketones (excluding diaryl/α,β-unsaturated/α-hetero) is 1. The molecule has 0 saturated carbocycles. The van der Waals surface area contributed by atoms with E-state index < -0.39 is 11.9 Å². The molecule has 0 aromatic heterocycles. The van der Waals surface area contributed by atoms with Crippen molar-refractivity contribution in [2.24, 2.45) is 0 Å². The van der Waals surface area contributed by atoms with Gasteiger partial charge in [0.25, 0.3) is 0 Å². The highest BCUT2D eigenvalue weighted by atomic mass is 16.5. The Labute approximate surface area is 186 Å². The van der Waals surface area contributed by atoms with Gasteiger partial charge < -0.3 is 24.3 Å². The normalized spacial score (nSPS) is 16.9. The van der Waals surface area contributed by atoms with Crippen LogP contribution in [0.2, 0.25) is 0 Å². The summed E-state index contributed by atoms with van der Waals surface area (Å²) in [4.78, 5) is 26.6. The molecule has 2 aromatic rings. The van der Waals surface area contributed by atoms with E-state index in [1.54, 1.807) is 25.1 Å². The standard InChI is InChI=1S/C25H25NO6/c1-6-32-25(28)19-13(2)26-22-15-9-7-8-10-16(15)23(27)21(22)20(19)14-11-17(29-3)24(31-5)18(12-14)30-4/h7-12,20,26H,6H2,1-5H3. The van der Waals surface area contributed by atoms with Gasteiger partial charge in [-0.2, -0.15) is 0 Å². The van der Waals surface area contributed by atoms with Crippen LogP contribution in [0.3, 0.4) is 0 Å². The lowest BCUT2D eigenvalue weighted by Crippen LogP contribution is -2.29. The highest BCUT2D eigenvalue weighted by Crippen LogP contribution is 2.49. The average molecular weight is 435 g/mol. The first-order chi connectivity index (χ1) is 15.5. The number of methoxy groups -OCH3 is 3. The Morgan fingerprint density at radius 2 is 1.62 bits per heavy atom. The first-order valence-electron chi connectivity index (χ1n) is 10.3. The summed E-state index contributed by atoms with van der Waals surface area (Å²) in [5.74, 6) is 0.0284. The predicted molar refractivity (Wildman–Crippen MR) is 119 cm³/mol. The number of hydrogen-bond acceptors (Lipinski definition) is 7. The topological polar surface area (TPSA) is 83.1 Å². The van der Waals surface area contributed by atoms with E-state index in [0.29, 0.717) is 50.9 Å². The Bertz CT molecular complexity index is 1150. The summed E-state index contributed by atoms with van der Waals surface area (Å²) in [6.07, 6.45) is 0. The molecule has 1 aliphatic heterocycles. The molecular weight excluding hydrogens is 410 g/mol. The van der Waals surface area contributed by atoms with E-state index >= 15 is 0 Å². The lowest BCUT2D eigenvalue weighted by molar-refractivity contribution is -0.138. The third-order valence-electron chi connectivity index (χ3n) is 5.76. The van der Waals surface area contributed by atoms with Gasteiger partial charge in [-0.1, -0.05) is 24.3 Å². The molecule has 32 heavy (non-hydrogen) atoms. The van der Waals surface area contributed by atoms with E-state index in [1.807, 2.05) is 25.1 Å². The molecule has 0 fully saturated rings. The number of ether oxygens (including phenoxy) is 4. The number of ketones is 1. The molecule has 166 valence electrons. The Morgan fingerprint density at radius 1 is 1.00 bits per heavy atom. The van der Waals surface area contributed by atoms with Crippen molar-refractivity contribution in [2.45, 2.75) is 19.8 Å². The molecule has 2 aromatic carbocycles. The number of dihydropyridines is 1. The van der Waals surface area contributed by atoms with Gasteiger partial charge in [-0.3, -0.25) is 4.79 Å². The lowest BCUT2D eigenvalue weighted by atomic mass is 9.79. The van der Waals surface area contributed by atoms with Gasteiger partial charge in [0.05, 0.1) is 39.2 Å². The second-order valence-electron chi connectivity index (χ2n) is 7.44. The maximum absolute atomic E-state index is 13.5. The van der Waals surface area contributed by atoms with Gasteiger partial charge in [-0.05, 0) is 31.5 Å². The van der Waals surface area contributed by atoms with Gasteiger partial charge in [-0.15, -0.1) is 0 Å². The van der Waals surface area contributed by atoms with Crippen LogP contribution in [-0.4, -0.2) is 39.7 Å². The molecule has 0 bridgehead atoms. The Kier molecular flexibility index (Phi) is 5.65. The number of fused-ring (bicyclic) bond motifs is 2. The maximum atomic E-state index is 13.5. The third-order valence-corrected chi connectivity index (χ3v) is 5.76. The van der Waals surface area contributed by atoms with Crippen LogP contribution >= 0.6 is 0 Å². The van der Waals surface area contributed by atoms with Crippen LogP contribution in [0, 0.1) is 0 Å². The van der Waals surface area contributed by atoms with Gasteiger partial charge in [-0.25, -0.2) is 4.79 Å². The highest BCUT2D eigenvalue weighted by Gasteiger charge is 2.43. The number of esters is 1. The molecule has 4 rings (SSSR count). The number of hydrogen-bond donors (Lipinski definition) is 1. The fourth-order valence-electron chi connectivity index (χ4n) is 4.41. The maximum Gasteiger partial charge on any atom is 0.336 e. The Hall–Kier alpha value is -3.74. The van der Waals surface area contributed by atoms with Crippen molar-refractivity contribution >= 4 is 17.4 Å². The molecular formula is C25H25NO6. The van der Waals surface area contributed by atoms with Crippen LogP contribution in [0.15, 0.2) is 53.2 Å². The van der Waals surface area contributed by atoms with Crippen molar-refractivity contribution in [1.82, 2.24) is 5.32 Å². The minimum absolute atomic E-state index is 0.129. The number of carbonyl (C=O) groups excluding carboxylic acids is 2. The second kappa shape index (κ2) is 8.42. The minimum atomic E-state index is -0.668. The van der Waals surface area contributed by atoms with E-state index in [2.05, 4.69) is 5.32 Å².